The van der Waals surface area contributed by atoms with Crippen LogP contribution in [0, 0.1) is 5.82 Å². The fraction of sp³-hybridized carbons (Fsp3) is 0.364. The summed E-state index contributed by atoms with van der Waals surface area (Å²) in [5.74, 6) is -0.0784. The largest absolute Gasteiger partial charge is 0.493 e. The number of fused-ring (bicyclic) bond motifs is 5. The third-order valence-electron chi connectivity index (χ3n) is 5.12. The molecule has 0 fully saturated rings. The minimum Gasteiger partial charge on any atom is -0.493 e. The SMILES string of the molecule is COCCOc1cc2c(cc1F)OCCCC(C)n1cnnc1-c1cccc(n1)NC2=O. The highest BCUT2D eigenvalue weighted by Crippen LogP contribution is 2.30. The number of carbonyl (C=O) groups excluding carboxylic acids is 1. The standard InChI is InChI=1S/C22H24FN5O4/c1-14-5-4-8-31-18-12-16(23)19(32-10-9-30-2)11-15(18)22(29)26-20-7-3-6-17(25-20)21-27-24-13-28(14)21/h3,6-7,11-14H,4-5,8-10H2,1-2H3,(H,25,26,29). The molecule has 0 saturated carbocycles. The Labute approximate surface area is 184 Å². The number of halogens is 1. The van der Waals surface area contributed by atoms with Gasteiger partial charge in [0, 0.05) is 19.2 Å². The normalized spacial score (nSPS) is 16.2. The van der Waals surface area contributed by atoms with E-state index in [4.69, 9.17) is 14.2 Å². The van der Waals surface area contributed by atoms with Gasteiger partial charge in [0.05, 0.1) is 18.8 Å². The molecule has 1 unspecified atom stereocenters. The van der Waals surface area contributed by atoms with Crippen LogP contribution in [-0.4, -0.2) is 52.6 Å². The van der Waals surface area contributed by atoms with Gasteiger partial charge in [-0.2, -0.15) is 0 Å². The fourth-order valence-electron chi connectivity index (χ4n) is 3.44. The summed E-state index contributed by atoms with van der Waals surface area (Å²) in [6.07, 6.45) is 3.11. The fourth-order valence-corrected chi connectivity index (χ4v) is 3.44. The van der Waals surface area contributed by atoms with Gasteiger partial charge in [-0.15, -0.1) is 10.2 Å². The number of methoxy groups -OCH3 is 1. The molecule has 1 aliphatic rings. The summed E-state index contributed by atoms with van der Waals surface area (Å²) in [5.41, 5.74) is 0.739. The van der Waals surface area contributed by atoms with Crippen molar-refractivity contribution < 1.29 is 23.4 Å². The number of aromatic nitrogens is 4. The number of amides is 1. The first kappa shape index (κ1) is 21.7. The molecule has 2 aromatic heterocycles. The van der Waals surface area contributed by atoms with E-state index in [1.165, 1.54) is 19.2 Å². The zero-order valence-electron chi connectivity index (χ0n) is 17.9. The Morgan fingerprint density at radius 1 is 1.31 bits per heavy atom. The van der Waals surface area contributed by atoms with Crippen molar-refractivity contribution in [3.63, 3.8) is 0 Å². The number of anilines is 1. The van der Waals surface area contributed by atoms with Crippen LogP contribution in [0.4, 0.5) is 10.2 Å². The quantitative estimate of drug-likeness (QED) is 0.619. The van der Waals surface area contributed by atoms with Crippen LogP contribution in [0.25, 0.3) is 11.5 Å². The predicted octanol–water partition coefficient (Wildman–Crippen LogP) is 3.49. The molecule has 168 valence electrons. The lowest BCUT2D eigenvalue weighted by Crippen LogP contribution is -2.17. The molecule has 1 N–H and O–H groups in total. The van der Waals surface area contributed by atoms with Crippen LogP contribution in [0.15, 0.2) is 36.7 Å². The molecule has 0 saturated heterocycles. The molecule has 3 aromatic rings. The van der Waals surface area contributed by atoms with Gasteiger partial charge in [0.25, 0.3) is 5.91 Å². The van der Waals surface area contributed by atoms with Crippen LogP contribution < -0.4 is 14.8 Å². The maximum absolute atomic E-state index is 14.6. The number of benzene rings is 1. The third-order valence-corrected chi connectivity index (χ3v) is 5.12. The van der Waals surface area contributed by atoms with E-state index in [1.807, 2.05) is 10.6 Å². The second-order valence-corrected chi connectivity index (χ2v) is 7.38. The van der Waals surface area contributed by atoms with Crippen molar-refractivity contribution in [2.45, 2.75) is 25.8 Å². The van der Waals surface area contributed by atoms with Gasteiger partial charge < -0.3 is 24.1 Å². The van der Waals surface area contributed by atoms with Crippen LogP contribution in [0.3, 0.4) is 0 Å². The van der Waals surface area contributed by atoms with Gasteiger partial charge in [-0.05, 0) is 38.0 Å². The summed E-state index contributed by atoms with van der Waals surface area (Å²) in [6.45, 7) is 2.81. The van der Waals surface area contributed by atoms with Gasteiger partial charge in [0.15, 0.2) is 17.4 Å². The van der Waals surface area contributed by atoms with Gasteiger partial charge in [-0.1, -0.05) is 6.07 Å². The monoisotopic (exact) mass is 441 g/mol. The number of nitrogens with one attached hydrogen (secondary N) is 1. The second-order valence-electron chi connectivity index (χ2n) is 7.38. The topological polar surface area (TPSA) is 100 Å². The Hall–Kier alpha value is -3.53. The minimum absolute atomic E-state index is 0.0518. The Balaban J connectivity index is 1.71. The Kier molecular flexibility index (Phi) is 6.60. The van der Waals surface area contributed by atoms with E-state index in [1.54, 1.807) is 18.5 Å². The zero-order chi connectivity index (χ0) is 22.5. The number of nitrogens with zero attached hydrogens (tertiary/aromatic N) is 4. The van der Waals surface area contributed by atoms with Crippen LogP contribution in [-0.2, 0) is 4.74 Å². The van der Waals surface area contributed by atoms with Gasteiger partial charge in [-0.3, -0.25) is 4.79 Å². The van der Waals surface area contributed by atoms with E-state index in [0.717, 1.165) is 6.42 Å². The third kappa shape index (κ3) is 4.70. The summed E-state index contributed by atoms with van der Waals surface area (Å²) < 4.78 is 32.7. The highest BCUT2D eigenvalue weighted by Gasteiger charge is 2.21. The maximum Gasteiger partial charge on any atom is 0.260 e. The zero-order valence-corrected chi connectivity index (χ0v) is 17.9. The molecule has 10 heteroatoms. The Morgan fingerprint density at radius 3 is 3.03 bits per heavy atom. The van der Waals surface area contributed by atoms with E-state index in [2.05, 4.69) is 27.4 Å². The molecular weight excluding hydrogens is 417 g/mol. The Morgan fingerprint density at radius 2 is 2.19 bits per heavy atom. The van der Waals surface area contributed by atoms with E-state index < -0.39 is 11.7 Å². The summed E-state index contributed by atoms with van der Waals surface area (Å²) in [4.78, 5) is 17.6. The van der Waals surface area contributed by atoms with Crippen molar-refractivity contribution in [3.8, 4) is 23.0 Å². The first-order valence-electron chi connectivity index (χ1n) is 10.3. The van der Waals surface area contributed by atoms with E-state index in [-0.39, 0.29) is 29.7 Å². The molecule has 1 aromatic carbocycles. The van der Waals surface area contributed by atoms with E-state index in [9.17, 15) is 9.18 Å². The van der Waals surface area contributed by atoms with Crippen LogP contribution >= 0.6 is 0 Å². The Bertz CT molecular complexity index is 1100. The van der Waals surface area contributed by atoms with Crippen molar-refractivity contribution in [1.29, 1.82) is 0 Å². The summed E-state index contributed by atoms with van der Waals surface area (Å²) in [5, 5.41) is 11.0. The van der Waals surface area contributed by atoms with Crippen LogP contribution in [0.1, 0.15) is 36.2 Å². The lowest BCUT2D eigenvalue weighted by molar-refractivity contribution is 0.102. The summed E-state index contributed by atoms with van der Waals surface area (Å²) in [6, 6.07) is 7.85. The van der Waals surface area contributed by atoms with Crippen molar-refractivity contribution >= 4 is 11.7 Å². The maximum atomic E-state index is 14.6. The summed E-state index contributed by atoms with van der Waals surface area (Å²) in [7, 11) is 1.52. The highest BCUT2D eigenvalue weighted by molar-refractivity contribution is 6.06. The summed E-state index contributed by atoms with van der Waals surface area (Å²) >= 11 is 0. The molecule has 1 atom stereocenters. The van der Waals surface area contributed by atoms with Gasteiger partial charge in [-0.25, -0.2) is 9.37 Å². The number of hydrogen-bond acceptors (Lipinski definition) is 7. The average Bonchev–Trinajstić information content (AvgIpc) is 3.27. The van der Waals surface area contributed by atoms with Crippen molar-refractivity contribution in [2.75, 3.05) is 32.2 Å². The molecule has 4 rings (SSSR count). The predicted molar refractivity (Wildman–Crippen MR) is 114 cm³/mol. The average molecular weight is 441 g/mol. The van der Waals surface area contributed by atoms with Gasteiger partial charge in [0.1, 0.15) is 30.2 Å². The first-order chi connectivity index (χ1) is 15.6. The van der Waals surface area contributed by atoms with E-state index in [0.29, 0.717) is 37.0 Å². The van der Waals surface area contributed by atoms with Crippen molar-refractivity contribution in [2.24, 2.45) is 0 Å². The lowest BCUT2D eigenvalue weighted by atomic mass is 10.1. The molecule has 0 radical (unpaired) electrons. The highest BCUT2D eigenvalue weighted by atomic mass is 19.1. The first-order valence-corrected chi connectivity index (χ1v) is 10.3. The number of pyridine rings is 1. The van der Waals surface area contributed by atoms with Gasteiger partial charge >= 0.3 is 0 Å². The number of carbonyl (C=O) groups is 1. The number of rotatable bonds is 4. The smallest absolute Gasteiger partial charge is 0.260 e. The second kappa shape index (κ2) is 9.73. The lowest BCUT2D eigenvalue weighted by Gasteiger charge is -2.18. The van der Waals surface area contributed by atoms with Crippen molar-refractivity contribution in [3.05, 3.63) is 48.0 Å². The molecule has 32 heavy (non-hydrogen) atoms. The number of hydrogen-bond donors (Lipinski definition) is 1. The number of ether oxygens (including phenoxy) is 3. The van der Waals surface area contributed by atoms with Gasteiger partial charge in [0.2, 0.25) is 0 Å². The van der Waals surface area contributed by atoms with Crippen LogP contribution in [0.5, 0.6) is 11.5 Å². The molecule has 0 aliphatic carbocycles. The molecule has 1 amide bonds. The molecule has 1 aliphatic heterocycles. The van der Waals surface area contributed by atoms with Crippen molar-refractivity contribution in [1.82, 2.24) is 19.7 Å². The molecular formula is C22H24FN5O4. The molecule has 0 spiro atoms. The molecule has 3 heterocycles. The van der Waals surface area contributed by atoms with E-state index >= 15 is 0 Å². The molecule has 9 nitrogen and oxygen atoms in total. The molecule has 2 bridgehead atoms. The van der Waals surface area contributed by atoms with Crippen LogP contribution in [0.2, 0.25) is 0 Å². The minimum atomic E-state index is -0.614.